The van der Waals surface area contributed by atoms with Gasteiger partial charge in [0.2, 0.25) is 0 Å². The van der Waals surface area contributed by atoms with Crippen LogP contribution in [0.2, 0.25) is 0 Å². The maximum Gasteiger partial charge on any atom is 0.161 e. The third kappa shape index (κ3) is 4.48. The van der Waals surface area contributed by atoms with Gasteiger partial charge < -0.3 is 14.9 Å². The van der Waals surface area contributed by atoms with Crippen LogP contribution in [0.3, 0.4) is 0 Å². The summed E-state index contributed by atoms with van der Waals surface area (Å²) in [5.41, 5.74) is 7.40. The minimum absolute atomic E-state index is 0.612. The molecule has 0 aromatic heterocycles. The summed E-state index contributed by atoms with van der Waals surface area (Å²) in [6.45, 7) is 4.67. The lowest BCUT2D eigenvalue weighted by Crippen LogP contribution is -2.10. The van der Waals surface area contributed by atoms with Gasteiger partial charge in [-0.3, -0.25) is 0 Å². The summed E-state index contributed by atoms with van der Waals surface area (Å²) in [6.07, 6.45) is 0. The van der Waals surface area contributed by atoms with Gasteiger partial charge in [-0.05, 0) is 43.7 Å². The smallest absolute Gasteiger partial charge is 0.161 e. The van der Waals surface area contributed by atoms with Gasteiger partial charge in [0.05, 0.1) is 26.5 Å². The van der Waals surface area contributed by atoms with E-state index in [4.69, 9.17) is 9.47 Å². The Morgan fingerprint density at radius 2 is 1.83 bits per heavy atom. The molecule has 0 amide bonds. The predicted molar refractivity (Wildman–Crippen MR) is 97.5 cm³/mol. The average molecular weight is 377 g/mol. The third-order valence-corrected chi connectivity index (χ3v) is 4.18. The van der Waals surface area contributed by atoms with Gasteiger partial charge in [-0.15, -0.1) is 0 Å². The topological polar surface area (TPSA) is 42.8 Å². The Bertz CT molecular complexity index is 714. The van der Waals surface area contributed by atoms with Crippen LogP contribution in [0, 0.1) is 6.92 Å². The Morgan fingerprint density at radius 1 is 1.09 bits per heavy atom. The van der Waals surface area contributed by atoms with Crippen molar-refractivity contribution in [1.29, 1.82) is 0 Å². The first-order valence-corrected chi connectivity index (χ1v) is 8.09. The van der Waals surface area contributed by atoms with Crippen LogP contribution < -0.4 is 14.9 Å². The molecule has 2 aromatic rings. The fourth-order valence-electron chi connectivity index (χ4n) is 2.22. The zero-order chi connectivity index (χ0) is 16.8. The molecule has 0 aliphatic heterocycles. The molecular formula is C18H21BrN2O2. The minimum Gasteiger partial charge on any atom is -0.493 e. The number of halogens is 1. The lowest BCUT2D eigenvalue weighted by Gasteiger charge is -2.10. The van der Waals surface area contributed by atoms with Gasteiger partial charge in [-0.1, -0.05) is 33.6 Å². The Hall–Kier alpha value is -2.01. The molecule has 0 aliphatic rings. The molecule has 0 spiro atoms. The predicted octanol–water partition coefficient (Wildman–Crippen LogP) is 4.29. The summed E-state index contributed by atoms with van der Waals surface area (Å²) in [5.74, 6) is 1.44. The van der Waals surface area contributed by atoms with Crippen molar-refractivity contribution in [2.75, 3.05) is 14.2 Å². The van der Waals surface area contributed by atoms with E-state index in [-0.39, 0.29) is 0 Å². The zero-order valence-electron chi connectivity index (χ0n) is 13.8. The molecule has 0 saturated heterocycles. The molecule has 2 rings (SSSR count). The van der Waals surface area contributed by atoms with Crippen molar-refractivity contribution in [3.63, 3.8) is 0 Å². The van der Waals surface area contributed by atoms with Crippen LogP contribution >= 0.6 is 15.9 Å². The molecule has 0 aliphatic carbocycles. The van der Waals surface area contributed by atoms with Crippen LogP contribution in [0.5, 0.6) is 11.5 Å². The number of rotatable bonds is 6. The van der Waals surface area contributed by atoms with Gasteiger partial charge in [0.1, 0.15) is 0 Å². The van der Waals surface area contributed by atoms with E-state index in [0.717, 1.165) is 27.1 Å². The summed E-state index contributed by atoms with van der Waals surface area (Å²) in [4.78, 5) is 0. The van der Waals surface area contributed by atoms with Crippen molar-refractivity contribution in [1.82, 2.24) is 5.43 Å². The fraction of sp³-hybridized carbons (Fsp3) is 0.278. The molecule has 4 nitrogen and oxygen atoms in total. The van der Waals surface area contributed by atoms with Crippen LogP contribution in [-0.2, 0) is 6.54 Å². The average Bonchev–Trinajstić information content (AvgIpc) is 2.56. The summed E-state index contributed by atoms with van der Waals surface area (Å²) in [5, 5.41) is 4.45. The van der Waals surface area contributed by atoms with Crippen molar-refractivity contribution in [2.24, 2.45) is 5.10 Å². The number of hydrogen-bond donors (Lipinski definition) is 1. The normalized spacial score (nSPS) is 11.3. The lowest BCUT2D eigenvalue weighted by atomic mass is 10.1. The van der Waals surface area contributed by atoms with E-state index in [1.165, 1.54) is 5.56 Å². The van der Waals surface area contributed by atoms with E-state index in [2.05, 4.69) is 45.5 Å². The van der Waals surface area contributed by atoms with E-state index in [1.54, 1.807) is 14.2 Å². The molecule has 5 heteroatoms. The number of benzene rings is 2. The Balaban J connectivity index is 2.07. The first-order valence-electron chi connectivity index (χ1n) is 7.29. The van der Waals surface area contributed by atoms with Crippen LogP contribution in [-0.4, -0.2) is 19.9 Å². The lowest BCUT2D eigenvalue weighted by molar-refractivity contribution is 0.354. The minimum atomic E-state index is 0.612. The highest BCUT2D eigenvalue weighted by Gasteiger charge is 2.05. The summed E-state index contributed by atoms with van der Waals surface area (Å²) in [7, 11) is 3.26. The van der Waals surface area contributed by atoms with E-state index in [9.17, 15) is 0 Å². The van der Waals surface area contributed by atoms with Crippen molar-refractivity contribution in [3.8, 4) is 11.5 Å². The molecule has 23 heavy (non-hydrogen) atoms. The number of aryl methyl sites for hydroxylation is 1. The zero-order valence-corrected chi connectivity index (χ0v) is 15.4. The van der Waals surface area contributed by atoms with Crippen molar-refractivity contribution in [2.45, 2.75) is 20.4 Å². The van der Waals surface area contributed by atoms with Gasteiger partial charge in [-0.25, -0.2) is 0 Å². The van der Waals surface area contributed by atoms with Crippen molar-refractivity contribution < 1.29 is 9.47 Å². The SMILES string of the molecule is COc1ccc(CN/N=C(/C)c2cc(C)ccc2Br)cc1OC. The second-order valence-corrected chi connectivity index (χ2v) is 6.06. The molecule has 0 unspecified atom stereocenters. The quantitative estimate of drug-likeness (QED) is 0.603. The molecule has 2 aromatic carbocycles. The molecule has 122 valence electrons. The summed E-state index contributed by atoms with van der Waals surface area (Å²) < 4.78 is 11.6. The molecule has 0 bridgehead atoms. The number of methoxy groups -OCH3 is 2. The molecular weight excluding hydrogens is 356 g/mol. The molecule has 0 atom stereocenters. The maximum absolute atomic E-state index is 5.31. The maximum atomic E-state index is 5.31. The first kappa shape index (κ1) is 17.3. The van der Waals surface area contributed by atoms with Crippen molar-refractivity contribution >= 4 is 21.6 Å². The van der Waals surface area contributed by atoms with E-state index >= 15 is 0 Å². The van der Waals surface area contributed by atoms with Gasteiger partial charge in [0.25, 0.3) is 0 Å². The standard InChI is InChI=1S/C18H21BrN2O2/c1-12-5-7-16(19)15(9-12)13(2)21-20-11-14-6-8-17(22-3)18(10-14)23-4/h5-10,20H,11H2,1-4H3/b21-13-. The number of ether oxygens (including phenoxy) is 2. The van der Waals surface area contributed by atoms with Crippen LogP contribution in [0.1, 0.15) is 23.6 Å². The van der Waals surface area contributed by atoms with Crippen molar-refractivity contribution in [3.05, 3.63) is 57.6 Å². The molecule has 0 heterocycles. The fourth-order valence-corrected chi connectivity index (χ4v) is 2.75. The number of hydrazone groups is 1. The van der Waals surface area contributed by atoms with Gasteiger partial charge in [-0.2, -0.15) is 5.10 Å². The van der Waals surface area contributed by atoms with Gasteiger partial charge in [0.15, 0.2) is 11.5 Å². The largest absolute Gasteiger partial charge is 0.493 e. The van der Waals surface area contributed by atoms with Gasteiger partial charge in [0, 0.05) is 10.0 Å². The highest BCUT2D eigenvalue weighted by atomic mass is 79.9. The van der Waals surface area contributed by atoms with Crippen LogP contribution in [0.4, 0.5) is 0 Å². The molecule has 0 radical (unpaired) electrons. The Kier molecular flexibility index (Phi) is 6.04. The highest BCUT2D eigenvalue weighted by molar-refractivity contribution is 9.10. The third-order valence-electron chi connectivity index (χ3n) is 3.49. The van der Waals surface area contributed by atoms with E-state index in [1.807, 2.05) is 31.2 Å². The highest BCUT2D eigenvalue weighted by Crippen LogP contribution is 2.27. The second kappa shape index (κ2) is 8.02. The summed E-state index contributed by atoms with van der Waals surface area (Å²) >= 11 is 3.56. The molecule has 1 N–H and O–H groups in total. The van der Waals surface area contributed by atoms with E-state index < -0.39 is 0 Å². The first-order chi connectivity index (χ1) is 11.0. The number of hydrogen-bond acceptors (Lipinski definition) is 4. The Morgan fingerprint density at radius 3 is 2.52 bits per heavy atom. The monoisotopic (exact) mass is 376 g/mol. The molecule has 0 saturated carbocycles. The van der Waals surface area contributed by atoms with E-state index in [0.29, 0.717) is 12.3 Å². The Labute approximate surface area is 145 Å². The molecule has 0 fully saturated rings. The number of nitrogens with one attached hydrogen (secondary N) is 1. The van der Waals surface area contributed by atoms with Gasteiger partial charge >= 0.3 is 0 Å². The number of nitrogens with zero attached hydrogens (tertiary/aromatic N) is 1. The van der Waals surface area contributed by atoms with Crippen LogP contribution in [0.15, 0.2) is 46.0 Å². The summed E-state index contributed by atoms with van der Waals surface area (Å²) in [6, 6.07) is 12.0. The van der Waals surface area contributed by atoms with Crippen LogP contribution in [0.25, 0.3) is 0 Å². The second-order valence-electron chi connectivity index (χ2n) is 5.20.